The second kappa shape index (κ2) is 6.67. The number of nitrogens with one attached hydrogen (secondary N) is 2. The number of nitrogens with zero attached hydrogens (tertiary/aromatic N) is 2. The summed E-state index contributed by atoms with van der Waals surface area (Å²) >= 11 is 1.19. The topological polar surface area (TPSA) is 101 Å². The highest BCUT2D eigenvalue weighted by Crippen LogP contribution is 2.28. The predicted molar refractivity (Wildman–Crippen MR) is 96.3 cm³/mol. The molecule has 0 unspecified atom stereocenters. The monoisotopic (exact) mass is 398 g/mol. The number of carbonyl (C=O) groups is 1. The third kappa shape index (κ3) is 4.25. The Morgan fingerprint density at radius 2 is 1.96 bits per heavy atom. The smallest absolute Gasteiger partial charge is 0.260 e. The first-order chi connectivity index (χ1) is 12.1. The third-order valence-electron chi connectivity index (χ3n) is 3.68. The van der Waals surface area contributed by atoms with Gasteiger partial charge in [-0.3, -0.25) is 10.1 Å². The lowest BCUT2D eigenvalue weighted by atomic mass is 9.98. The quantitative estimate of drug-likeness (QED) is 0.806. The van der Waals surface area contributed by atoms with Crippen molar-refractivity contribution in [1.82, 2.24) is 14.9 Å². The highest BCUT2D eigenvalue weighted by Gasteiger charge is 2.29. The van der Waals surface area contributed by atoms with E-state index in [2.05, 4.69) is 20.2 Å². The summed E-state index contributed by atoms with van der Waals surface area (Å²) in [6.45, 7) is 5.87. The van der Waals surface area contributed by atoms with Gasteiger partial charge in [0.2, 0.25) is 15.2 Å². The molecule has 0 spiro atoms. The number of hydrogen-bond acceptors (Lipinski definition) is 6. The summed E-state index contributed by atoms with van der Waals surface area (Å²) in [4.78, 5) is 12.2. The van der Waals surface area contributed by atoms with Gasteiger partial charge >= 0.3 is 0 Å². The number of benzene rings is 1. The fourth-order valence-corrected chi connectivity index (χ4v) is 4.20. The Balaban J connectivity index is 1.82. The number of sulfonamides is 1. The van der Waals surface area contributed by atoms with Gasteiger partial charge in [0.15, 0.2) is 0 Å². The minimum atomic E-state index is -3.78. The van der Waals surface area contributed by atoms with Crippen LogP contribution >= 0.6 is 11.3 Å². The summed E-state index contributed by atoms with van der Waals surface area (Å²) in [5.74, 6) is -1.59. The van der Waals surface area contributed by atoms with Crippen LogP contribution in [0.5, 0.6) is 0 Å². The lowest BCUT2D eigenvalue weighted by Gasteiger charge is -2.12. The van der Waals surface area contributed by atoms with Crippen molar-refractivity contribution < 1.29 is 17.6 Å². The Labute approximate surface area is 155 Å². The van der Waals surface area contributed by atoms with Crippen LogP contribution in [-0.4, -0.2) is 30.6 Å². The summed E-state index contributed by atoms with van der Waals surface area (Å²) < 4.78 is 41.1. The molecule has 0 bridgehead atoms. The molecule has 0 atom stereocenters. The van der Waals surface area contributed by atoms with Crippen molar-refractivity contribution >= 4 is 32.4 Å². The Bertz CT molecular complexity index is 947. The summed E-state index contributed by atoms with van der Waals surface area (Å²) in [7, 11) is -3.78. The SMILES string of the molecule is CC(C)(C)c1nnc(NC(=O)c2cc(S(=O)(=O)NC3CC3)ccc2F)s1. The normalized spacial score (nSPS) is 15.1. The van der Waals surface area contributed by atoms with E-state index in [9.17, 15) is 17.6 Å². The summed E-state index contributed by atoms with van der Waals surface area (Å²) in [5, 5.41) is 11.3. The summed E-state index contributed by atoms with van der Waals surface area (Å²) in [5.41, 5.74) is -0.592. The van der Waals surface area contributed by atoms with Crippen molar-refractivity contribution in [2.75, 3.05) is 5.32 Å². The number of aromatic nitrogens is 2. The molecule has 10 heteroatoms. The van der Waals surface area contributed by atoms with Crippen LogP contribution in [-0.2, 0) is 15.4 Å². The van der Waals surface area contributed by atoms with Crippen LogP contribution in [0.3, 0.4) is 0 Å². The first kappa shape index (κ1) is 18.9. The molecule has 0 radical (unpaired) electrons. The van der Waals surface area contributed by atoms with E-state index in [1.165, 1.54) is 11.3 Å². The van der Waals surface area contributed by atoms with Gasteiger partial charge in [-0.15, -0.1) is 10.2 Å². The molecule has 140 valence electrons. The molecule has 1 aliphatic rings. The Morgan fingerprint density at radius 1 is 1.27 bits per heavy atom. The molecule has 1 aliphatic carbocycles. The van der Waals surface area contributed by atoms with Crippen LogP contribution in [0.1, 0.15) is 49.0 Å². The fourth-order valence-electron chi connectivity index (χ4n) is 2.08. The lowest BCUT2D eigenvalue weighted by Crippen LogP contribution is -2.26. The number of carbonyl (C=O) groups excluding carboxylic acids is 1. The van der Waals surface area contributed by atoms with Gasteiger partial charge in [0.1, 0.15) is 10.8 Å². The van der Waals surface area contributed by atoms with Crippen LogP contribution in [0.4, 0.5) is 9.52 Å². The fraction of sp³-hybridized carbons (Fsp3) is 0.438. The Kier molecular flexibility index (Phi) is 4.84. The zero-order valence-corrected chi connectivity index (χ0v) is 16.2. The molecule has 2 N–H and O–H groups in total. The van der Waals surface area contributed by atoms with Gasteiger partial charge < -0.3 is 0 Å². The Morgan fingerprint density at radius 3 is 2.54 bits per heavy atom. The van der Waals surface area contributed by atoms with Crippen LogP contribution < -0.4 is 10.0 Å². The van der Waals surface area contributed by atoms with Crippen molar-refractivity contribution in [2.24, 2.45) is 0 Å². The van der Waals surface area contributed by atoms with E-state index in [-0.39, 0.29) is 27.0 Å². The molecule has 1 aromatic heterocycles. The zero-order chi connectivity index (χ0) is 19.1. The van der Waals surface area contributed by atoms with Crippen molar-refractivity contribution in [3.8, 4) is 0 Å². The number of rotatable bonds is 5. The van der Waals surface area contributed by atoms with E-state index in [0.717, 1.165) is 36.0 Å². The maximum absolute atomic E-state index is 14.1. The van der Waals surface area contributed by atoms with Gasteiger partial charge in [-0.1, -0.05) is 32.1 Å². The molecule has 26 heavy (non-hydrogen) atoms. The predicted octanol–water partition coefficient (Wildman–Crippen LogP) is 2.67. The number of amides is 1. The Hall–Kier alpha value is -1.91. The second-order valence-electron chi connectivity index (χ2n) is 7.15. The molecule has 1 fully saturated rings. The molecular weight excluding hydrogens is 379 g/mol. The lowest BCUT2D eigenvalue weighted by molar-refractivity contribution is 0.102. The number of halogens is 1. The summed E-state index contributed by atoms with van der Waals surface area (Å²) in [6.07, 6.45) is 1.56. The third-order valence-corrected chi connectivity index (χ3v) is 6.46. The van der Waals surface area contributed by atoms with Crippen molar-refractivity contribution in [1.29, 1.82) is 0 Å². The molecule has 0 aliphatic heterocycles. The van der Waals surface area contributed by atoms with E-state index in [1.54, 1.807) is 0 Å². The van der Waals surface area contributed by atoms with Crippen LogP contribution in [0, 0.1) is 5.82 Å². The molecule has 2 aromatic rings. The van der Waals surface area contributed by atoms with Gasteiger partial charge in [-0.25, -0.2) is 17.5 Å². The van der Waals surface area contributed by atoms with E-state index in [1.807, 2.05) is 20.8 Å². The van der Waals surface area contributed by atoms with Gasteiger partial charge in [-0.05, 0) is 31.0 Å². The van der Waals surface area contributed by atoms with Crippen molar-refractivity contribution in [3.05, 3.63) is 34.6 Å². The first-order valence-corrected chi connectivity index (χ1v) is 10.3. The minimum absolute atomic E-state index is 0.0838. The van der Waals surface area contributed by atoms with Crippen LogP contribution in [0.2, 0.25) is 0 Å². The average molecular weight is 398 g/mol. The molecule has 1 heterocycles. The van der Waals surface area contributed by atoms with Crippen LogP contribution in [0.25, 0.3) is 0 Å². The zero-order valence-electron chi connectivity index (χ0n) is 14.5. The highest BCUT2D eigenvalue weighted by atomic mass is 32.2. The van der Waals surface area contributed by atoms with Gasteiger partial charge in [0.25, 0.3) is 5.91 Å². The van der Waals surface area contributed by atoms with Gasteiger partial charge in [-0.2, -0.15) is 0 Å². The van der Waals surface area contributed by atoms with Gasteiger partial charge in [0.05, 0.1) is 10.5 Å². The molecule has 7 nitrogen and oxygen atoms in total. The second-order valence-corrected chi connectivity index (χ2v) is 9.85. The molecule has 1 aromatic carbocycles. The molecule has 3 rings (SSSR count). The number of anilines is 1. The molecule has 1 saturated carbocycles. The van der Waals surface area contributed by atoms with E-state index in [0.29, 0.717) is 0 Å². The standard InChI is InChI=1S/C16H19FN4O3S2/c1-16(2,3)14-19-20-15(25-14)18-13(22)11-8-10(6-7-12(11)17)26(23,24)21-9-4-5-9/h6-9,21H,4-5H2,1-3H3,(H,18,20,22). The first-order valence-electron chi connectivity index (χ1n) is 8.03. The van der Waals surface area contributed by atoms with Crippen LogP contribution in [0.15, 0.2) is 23.1 Å². The molecule has 1 amide bonds. The highest BCUT2D eigenvalue weighted by molar-refractivity contribution is 7.89. The van der Waals surface area contributed by atoms with E-state index in [4.69, 9.17) is 0 Å². The maximum Gasteiger partial charge on any atom is 0.260 e. The van der Waals surface area contributed by atoms with E-state index >= 15 is 0 Å². The van der Waals surface area contributed by atoms with Crippen molar-refractivity contribution in [3.63, 3.8) is 0 Å². The van der Waals surface area contributed by atoms with E-state index < -0.39 is 21.7 Å². The molecular formula is C16H19FN4O3S2. The summed E-state index contributed by atoms with van der Waals surface area (Å²) in [6, 6.07) is 3.05. The minimum Gasteiger partial charge on any atom is -0.296 e. The van der Waals surface area contributed by atoms with Crippen molar-refractivity contribution in [2.45, 2.75) is 50.0 Å². The largest absolute Gasteiger partial charge is 0.296 e. The molecule has 0 saturated heterocycles. The van der Waals surface area contributed by atoms with Gasteiger partial charge in [0, 0.05) is 11.5 Å². The number of hydrogen-bond donors (Lipinski definition) is 2. The maximum atomic E-state index is 14.1. The average Bonchev–Trinajstić information content (AvgIpc) is 3.19.